The van der Waals surface area contributed by atoms with Crippen LogP contribution in [0.5, 0.6) is 0 Å². The number of carbonyl (C=O) groups excluding carboxylic acids is 3. The van der Waals surface area contributed by atoms with Crippen molar-refractivity contribution < 1.29 is 23.5 Å². The molecule has 0 spiro atoms. The minimum Gasteiger partial charge on any atom is -0.449 e. The average Bonchev–Trinajstić information content (AvgIpc) is 3.24. The number of nitrogens with one attached hydrogen (secondary N) is 3. The normalized spacial score (nSPS) is 20.8. The van der Waals surface area contributed by atoms with E-state index in [1.165, 1.54) is 18.5 Å². The van der Waals surface area contributed by atoms with Gasteiger partial charge in [0.25, 0.3) is 0 Å². The summed E-state index contributed by atoms with van der Waals surface area (Å²) in [4.78, 5) is 45.3. The van der Waals surface area contributed by atoms with Gasteiger partial charge in [-0.2, -0.15) is 0 Å². The van der Waals surface area contributed by atoms with Crippen LogP contribution < -0.4 is 16.0 Å². The molecule has 3 amide bonds. The topological polar surface area (TPSA) is 135 Å². The number of aromatic nitrogens is 2. The van der Waals surface area contributed by atoms with Crippen molar-refractivity contribution in [1.29, 1.82) is 0 Å². The summed E-state index contributed by atoms with van der Waals surface area (Å²) < 4.78 is 10.8. The summed E-state index contributed by atoms with van der Waals surface area (Å²) in [6, 6.07) is 2.07. The second kappa shape index (κ2) is 9.99. The Morgan fingerprint density at radius 2 is 1.88 bits per heavy atom. The zero-order valence-electron chi connectivity index (χ0n) is 18.1. The Morgan fingerprint density at radius 1 is 1.09 bits per heavy atom. The molecule has 0 unspecified atom stereocenters. The summed E-state index contributed by atoms with van der Waals surface area (Å²) in [5, 5.41) is 8.35. The first-order valence-corrected chi connectivity index (χ1v) is 10.6. The predicted molar refractivity (Wildman–Crippen MR) is 116 cm³/mol. The van der Waals surface area contributed by atoms with Crippen LogP contribution in [0, 0.1) is 0 Å². The second-order valence-corrected chi connectivity index (χ2v) is 8.97. The van der Waals surface area contributed by atoms with Gasteiger partial charge in [0, 0.05) is 18.2 Å². The highest BCUT2D eigenvalue weighted by molar-refractivity contribution is 6.39. The molecule has 1 saturated carbocycles. The Balaban J connectivity index is 1.66. The van der Waals surface area contributed by atoms with E-state index in [0.29, 0.717) is 30.2 Å². The van der Waals surface area contributed by atoms with Crippen molar-refractivity contribution in [3.63, 3.8) is 0 Å². The second-order valence-electron chi connectivity index (χ2n) is 8.53. The van der Waals surface area contributed by atoms with Gasteiger partial charge in [-0.25, -0.2) is 14.8 Å². The molecular formula is C21H26ClN5O5. The number of nitrogens with zero attached hydrogens (tertiary/aromatic N) is 2. The molecule has 0 aromatic carbocycles. The summed E-state index contributed by atoms with van der Waals surface area (Å²) in [5.74, 6) is -0.976. The molecule has 32 heavy (non-hydrogen) atoms. The molecule has 3 N–H and O–H groups in total. The molecule has 10 nitrogen and oxygen atoms in total. The number of oxazole rings is 1. The zero-order chi connectivity index (χ0) is 23.3. The van der Waals surface area contributed by atoms with Crippen LogP contribution in [0.3, 0.4) is 0 Å². The molecular weight excluding hydrogens is 438 g/mol. The van der Waals surface area contributed by atoms with Crippen LogP contribution in [0.25, 0.3) is 0 Å². The van der Waals surface area contributed by atoms with Crippen molar-refractivity contribution in [1.82, 2.24) is 20.6 Å². The molecule has 2 heterocycles. The Labute approximate surface area is 190 Å². The van der Waals surface area contributed by atoms with Gasteiger partial charge >= 0.3 is 17.9 Å². The summed E-state index contributed by atoms with van der Waals surface area (Å²) >= 11 is 5.78. The maximum atomic E-state index is 12.5. The van der Waals surface area contributed by atoms with Gasteiger partial charge in [0.15, 0.2) is 5.89 Å². The van der Waals surface area contributed by atoms with Crippen molar-refractivity contribution in [2.24, 2.45) is 0 Å². The Bertz CT molecular complexity index is 942. The fourth-order valence-corrected chi connectivity index (χ4v) is 3.59. The Hall–Kier alpha value is -3.14. The number of halogens is 1. The lowest BCUT2D eigenvalue weighted by Gasteiger charge is -2.36. The quantitative estimate of drug-likeness (QED) is 0.593. The van der Waals surface area contributed by atoms with Crippen LogP contribution in [0.2, 0.25) is 5.02 Å². The highest BCUT2D eigenvalue weighted by Gasteiger charge is 2.36. The lowest BCUT2D eigenvalue weighted by molar-refractivity contribution is -0.136. The van der Waals surface area contributed by atoms with E-state index in [4.69, 9.17) is 20.8 Å². The molecule has 0 saturated heterocycles. The molecule has 1 aliphatic rings. The minimum absolute atomic E-state index is 0.0369. The van der Waals surface area contributed by atoms with Crippen molar-refractivity contribution in [2.75, 3.05) is 5.32 Å². The van der Waals surface area contributed by atoms with E-state index in [1.54, 1.807) is 33.0 Å². The number of ether oxygens (including phenoxy) is 1. The van der Waals surface area contributed by atoms with E-state index in [1.807, 2.05) is 0 Å². The highest BCUT2D eigenvalue weighted by Crippen LogP contribution is 2.32. The molecule has 2 aromatic rings. The molecule has 1 fully saturated rings. The van der Waals surface area contributed by atoms with Crippen LogP contribution in [-0.2, 0) is 14.3 Å². The SMILES string of the molecule is CC(C)(C)OC(=O)N[C@@H]1C[C@@H](c2ncco2)CC[C@@H]1NC(=O)C(=O)Nc1ccc(Cl)cn1. The van der Waals surface area contributed by atoms with Gasteiger partial charge in [0.05, 0.1) is 17.3 Å². The number of carbonyl (C=O) groups is 3. The lowest BCUT2D eigenvalue weighted by Crippen LogP contribution is -2.56. The van der Waals surface area contributed by atoms with Crippen molar-refractivity contribution in [2.45, 2.75) is 63.6 Å². The Kier molecular flexibility index (Phi) is 7.34. The number of hydrogen-bond donors (Lipinski definition) is 3. The van der Waals surface area contributed by atoms with Crippen LogP contribution >= 0.6 is 11.6 Å². The fourth-order valence-electron chi connectivity index (χ4n) is 3.48. The van der Waals surface area contributed by atoms with Crippen molar-refractivity contribution in [3.05, 3.63) is 41.7 Å². The smallest absolute Gasteiger partial charge is 0.407 e. The van der Waals surface area contributed by atoms with Crippen LogP contribution in [-0.4, -0.2) is 45.6 Å². The summed E-state index contributed by atoms with van der Waals surface area (Å²) in [7, 11) is 0. The number of alkyl carbamates (subject to hydrolysis) is 1. The number of hydrogen-bond acceptors (Lipinski definition) is 7. The van der Waals surface area contributed by atoms with E-state index in [0.717, 1.165) is 0 Å². The van der Waals surface area contributed by atoms with E-state index >= 15 is 0 Å². The highest BCUT2D eigenvalue weighted by atomic mass is 35.5. The van der Waals surface area contributed by atoms with Gasteiger partial charge in [0.2, 0.25) is 0 Å². The van der Waals surface area contributed by atoms with Gasteiger partial charge < -0.3 is 25.1 Å². The first-order chi connectivity index (χ1) is 15.1. The first kappa shape index (κ1) is 23.5. The number of anilines is 1. The largest absolute Gasteiger partial charge is 0.449 e. The standard InChI is InChI=1S/C21H26ClN5O5/c1-21(2,3)32-20(30)26-15-10-12(19-23-8-9-31-19)4-6-14(15)25-17(28)18(29)27-16-7-5-13(22)11-24-16/h5,7-9,11-12,14-15H,4,6,10H2,1-3H3,(H,25,28)(H,26,30)(H,24,27,29)/t12-,14-,15+/m0/s1. The molecule has 3 rings (SSSR count). The molecule has 1 aliphatic carbocycles. The third-order valence-electron chi connectivity index (χ3n) is 4.84. The maximum absolute atomic E-state index is 12.5. The maximum Gasteiger partial charge on any atom is 0.407 e. The lowest BCUT2D eigenvalue weighted by atomic mass is 9.82. The number of amides is 3. The number of rotatable bonds is 4. The van der Waals surface area contributed by atoms with Gasteiger partial charge in [-0.1, -0.05) is 11.6 Å². The third kappa shape index (κ3) is 6.68. The minimum atomic E-state index is -0.870. The van der Waals surface area contributed by atoms with Gasteiger partial charge in [-0.05, 0) is 52.2 Å². The molecule has 0 aliphatic heterocycles. The van der Waals surface area contributed by atoms with Gasteiger partial charge in [0.1, 0.15) is 17.7 Å². The van der Waals surface area contributed by atoms with E-state index in [9.17, 15) is 14.4 Å². The molecule has 172 valence electrons. The molecule has 2 aromatic heterocycles. The molecule has 0 bridgehead atoms. The summed E-state index contributed by atoms with van der Waals surface area (Å²) in [6.45, 7) is 5.28. The summed E-state index contributed by atoms with van der Waals surface area (Å²) in [5.41, 5.74) is -0.676. The van der Waals surface area contributed by atoms with Gasteiger partial charge in [-0.15, -0.1) is 0 Å². The van der Waals surface area contributed by atoms with E-state index in [2.05, 4.69) is 25.9 Å². The number of pyridine rings is 1. The zero-order valence-corrected chi connectivity index (χ0v) is 18.8. The predicted octanol–water partition coefficient (Wildman–Crippen LogP) is 3.01. The fraction of sp³-hybridized carbons (Fsp3) is 0.476. The Morgan fingerprint density at radius 3 is 2.50 bits per heavy atom. The van der Waals surface area contributed by atoms with E-state index < -0.39 is 35.6 Å². The summed E-state index contributed by atoms with van der Waals surface area (Å²) in [6.07, 6.45) is 5.45. The monoisotopic (exact) mass is 463 g/mol. The third-order valence-corrected chi connectivity index (χ3v) is 5.07. The molecule has 0 radical (unpaired) electrons. The van der Waals surface area contributed by atoms with E-state index in [-0.39, 0.29) is 11.7 Å². The van der Waals surface area contributed by atoms with Gasteiger partial charge in [-0.3, -0.25) is 9.59 Å². The van der Waals surface area contributed by atoms with Crippen LogP contribution in [0.15, 0.2) is 35.2 Å². The van der Waals surface area contributed by atoms with Crippen LogP contribution in [0.1, 0.15) is 51.8 Å². The van der Waals surface area contributed by atoms with Crippen LogP contribution in [0.4, 0.5) is 10.6 Å². The first-order valence-electron chi connectivity index (χ1n) is 10.2. The van der Waals surface area contributed by atoms with Crippen molar-refractivity contribution in [3.8, 4) is 0 Å². The average molecular weight is 464 g/mol. The van der Waals surface area contributed by atoms with Crippen molar-refractivity contribution >= 4 is 35.3 Å². The molecule has 11 heteroatoms. The molecule has 3 atom stereocenters.